The van der Waals surface area contributed by atoms with Crippen LogP contribution >= 0.6 is 12.4 Å². The molecular weight excluding hydrogens is 304 g/mol. The summed E-state index contributed by atoms with van der Waals surface area (Å²) in [6, 6.07) is 6.46. The highest BCUT2D eigenvalue weighted by Crippen LogP contribution is 2.06. The van der Waals surface area contributed by atoms with E-state index in [-0.39, 0.29) is 24.4 Å². The summed E-state index contributed by atoms with van der Waals surface area (Å²) in [6.07, 6.45) is 3.01. The first kappa shape index (κ1) is 20.2. The predicted molar refractivity (Wildman–Crippen MR) is 89.9 cm³/mol. The monoisotopic (exact) mass is 328 g/mol. The zero-order valence-electron chi connectivity index (χ0n) is 12.8. The number of carbonyl (C=O) groups excluding carboxylic acids is 2. The number of hydrogen-bond donors (Lipinski definition) is 4. The Hall–Kier alpha value is -1.79. The van der Waals surface area contributed by atoms with Crippen molar-refractivity contribution in [1.82, 2.24) is 10.6 Å². The van der Waals surface area contributed by atoms with Crippen molar-refractivity contribution < 1.29 is 9.59 Å². The zero-order chi connectivity index (χ0) is 15.7. The molecule has 0 fully saturated rings. The van der Waals surface area contributed by atoms with Crippen molar-refractivity contribution in [2.24, 2.45) is 11.5 Å². The lowest BCUT2D eigenvalue weighted by Crippen LogP contribution is -2.40. The Kier molecular flexibility index (Phi) is 9.98. The van der Waals surface area contributed by atoms with Crippen molar-refractivity contribution in [2.75, 3.05) is 6.54 Å². The van der Waals surface area contributed by atoms with E-state index in [2.05, 4.69) is 17.6 Å². The van der Waals surface area contributed by atoms with Gasteiger partial charge in [-0.2, -0.15) is 0 Å². The van der Waals surface area contributed by atoms with E-state index in [0.29, 0.717) is 18.7 Å². The van der Waals surface area contributed by atoms with Gasteiger partial charge >= 0.3 is 6.03 Å². The van der Waals surface area contributed by atoms with E-state index in [0.717, 1.165) is 24.8 Å². The third kappa shape index (κ3) is 7.28. The molecular formula is C15H25ClN4O2. The molecule has 6 nitrogen and oxygen atoms in total. The topological polar surface area (TPSA) is 110 Å². The summed E-state index contributed by atoms with van der Waals surface area (Å²) in [5, 5.41) is 5.43. The highest BCUT2D eigenvalue weighted by atomic mass is 35.5. The number of carbonyl (C=O) groups is 2. The van der Waals surface area contributed by atoms with Gasteiger partial charge in [-0.1, -0.05) is 31.9 Å². The van der Waals surface area contributed by atoms with Crippen molar-refractivity contribution >= 4 is 24.3 Å². The third-order valence-electron chi connectivity index (χ3n) is 3.21. The Balaban J connectivity index is 0.00000441. The quantitative estimate of drug-likeness (QED) is 0.580. The van der Waals surface area contributed by atoms with Crippen LogP contribution in [0.2, 0.25) is 0 Å². The number of halogens is 1. The summed E-state index contributed by atoms with van der Waals surface area (Å²) in [4.78, 5) is 22.7. The fourth-order valence-electron chi connectivity index (χ4n) is 1.93. The highest BCUT2D eigenvalue weighted by molar-refractivity contribution is 5.94. The maximum Gasteiger partial charge on any atom is 0.312 e. The first-order chi connectivity index (χ1) is 10.1. The Morgan fingerprint density at radius 3 is 2.36 bits per heavy atom. The van der Waals surface area contributed by atoms with Crippen LogP contribution in [-0.2, 0) is 6.54 Å². The molecule has 0 saturated carbocycles. The van der Waals surface area contributed by atoms with Crippen molar-refractivity contribution in [2.45, 2.75) is 38.8 Å². The van der Waals surface area contributed by atoms with Crippen LogP contribution in [0.15, 0.2) is 24.3 Å². The molecule has 0 spiro atoms. The second-order valence-electron chi connectivity index (χ2n) is 4.96. The molecule has 1 atom stereocenters. The van der Waals surface area contributed by atoms with Crippen LogP contribution in [0.1, 0.15) is 42.1 Å². The molecule has 6 N–H and O–H groups in total. The molecule has 0 aromatic heterocycles. The van der Waals surface area contributed by atoms with Gasteiger partial charge in [0.25, 0.3) is 5.91 Å². The second kappa shape index (κ2) is 10.9. The van der Waals surface area contributed by atoms with Crippen molar-refractivity contribution in [1.29, 1.82) is 0 Å². The summed E-state index contributed by atoms with van der Waals surface area (Å²) in [6.45, 7) is 2.89. The van der Waals surface area contributed by atoms with Crippen LogP contribution < -0.4 is 22.1 Å². The number of unbranched alkanes of at least 4 members (excludes halogenated alkanes) is 1. The SMILES string of the molecule is CCCCC(CN)NC(=O)c1ccc(CNC(N)=O)cc1.Cl. The summed E-state index contributed by atoms with van der Waals surface area (Å²) >= 11 is 0. The maximum absolute atomic E-state index is 12.1. The van der Waals surface area contributed by atoms with Crippen LogP contribution in [0.3, 0.4) is 0 Å². The van der Waals surface area contributed by atoms with Gasteiger partial charge in [-0.15, -0.1) is 12.4 Å². The average molecular weight is 329 g/mol. The Morgan fingerprint density at radius 1 is 1.23 bits per heavy atom. The van der Waals surface area contributed by atoms with E-state index in [9.17, 15) is 9.59 Å². The van der Waals surface area contributed by atoms with E-state index in [1.54, 1.807) is 24.3 Å². The molecule has 7 heteroatoms. The lowest BCUT2D eigenvalue weighted by molar-refractivity contribution is 0.0935. The lowest BCUT2D eigenvalue weighted by atomic mass is 10.1. The number of nitrogens with two attached hydrogens (primary N) is 2. The van der Waals surface area contributed by atoms with Gasteiger partial charge in [0.15, 0.2) is 0 Å². The molecule has 0 radical (unpaired) electrons. The second-order valence-corrected chi connectivity index (χ2v) is 4.96. The number of benzene rings is 1. The molecule has 0 aliphatic heterocycles. The van der Waals surface area contributed by atoms with E-state index >= 15 is 0 Å². The highest BCUT2D eigenvalue weighted by Gasteiger charge is 2.11. The summed E-state index contributed by atoms with van der Waals surface area (Å²) in [5.74, 6) is -0.129. The summed E-state index contributed by atoms with van der Waals surface area (Å²) < 4.78 is 0. The predicted octanol–water partition coefficient (Wildman–Crippen LogP) is 1.52. The minimum absolute atomic E-state index is 0. The fourth-order valence-corrected chi connectivity index (χ4v) is 1.93. The van der Waals surface area contributed by atoms with Crippen molar-refractivity contribution in [3.05, 3.63) is 35.4 Å². The molecule has 0 aliphatic rings. The van der Waals surface area contributed by atoms with Crippen LogP contribution in [-0.4, -0.2) is 24.5 Å². The number of amides is 3. The van der Waals surface area contributed by atoms with Gasteiger partial charge in [0.05, 0.1) is 0 Å². The third-order valence-corrected chi connectivity index (χ3v) is 3.21. The zero-order valence-corrected chi connectivity index (χ0v) is 13.6. The standard InChI is InChI=1S/C15H24N4O2.ClH/c1-2-3-4-13(9-16)19-14(20)12-7-5-11(6-8-12)10-18-15(17)21;/h5-8,13H,2-4,9-10,16H2,1H3,(H,19,20)(H3,17,18,21);1H. The van der Waals surface area contributed by atoms with E-state index in [1.165, 1.54) is 0 Å². The smallest absolute Gasteiger partial charge is 0.312 e. The Morgan fingerprint density at radius 2 is 1.86 bits per heavy atom. The number of urea groups is 1. The Labute approximate surface area is 137 Å². The number of rotatable bonds is 8. The van der Waals surface area contributed by atoms with Gasteiger partial charge in [-0.25, -0.2) is 4.79 Å². The first-order valence-corrected chi connectivity index (χ1v) is 7.20. The van der Waals surface area contributed by atoms with Gasteiger partial charge in [-0.3, -0.25) is 4.79 Å². The van der Waals surface area contributed by atoms with Gasteiger partial charge < -0.3 is 22.1 Å². The van der Waals surface area contributed by atoms with Crippen LogP contribution in [0.25, 0.3) is 0 Å². The molecule has 1 rings (SSSR count). The molecule has 1 aromatic rings. The van der Waals surface area contributed by atoms with Crippen LogP contribution in [0.4, 0.5) is 4.79 Å². The molecule has 0 aliphatic carbocycles. The van der Waals surface area contributed by atoms with Crippen molar-refractivity contribution in [3.8, 4) is 0 Å². The van der Waals surface area contributed by atoms with E-state index in [1.807, 2.05) is 0 Å². The average Bonchev–Trinajstić information content (AvgIpc) is 2.49. The molecule has 124 valence electrons. The normalized spacial score (nSPS) is 11.2. The molecule has 0 bridgehead atoms. The molecule has 0 heterocycles. The molecule has 1 unspecified atom stereocenters. The summed E-state index contributed by atoms with van der Waals surface area (Å²) in [7, 11) is 0. The summed E-state index contributed by atoms with van der Waals surface area (Å²) in [5.41, 5.74) is 12.1. The molecule has 22 heavy (non-hydrogen) atoms. The van der Waals surface area contributed by atoms with Gasteiger partial charge in [0, 0.05) is 24.7 Å². The van der Waals surface area contributed by atoms with Gasteiger partial charge in [0.2, 0.25) is 0 Å². The van der Waals surface area contributed by atoms with E-state index < -0.39 is 6.03 Å². The van der Waals surface area contributed by atoms with E-state index in [4.69, 9.17) is 11.5 Å². The fraction of sp³-hybridized carbons (Fsp3) is 0.467. The number of primary amides is 1. The minimum atomic E-state index is -0.571. The minimum Gasteiger partial charge on any atom is -0.352 e. The van der Waals surface area contributed by atoms with Crippen LogP contribution in [0.5, 0.6) is 0 Å². The molecule has 0 saturated heterocycles. The van der Waals surface area contributed by atoms with Gasteiger partial charge in [-0.05, 0) is 24.1 Å². The number of hydrogen-bond acceptors (Lipinski definition) is 3. The largest absolute Gasteiger partial charge is 0.352 e. The first-order valence-electron chi connectivity index (χ1n) is 7.20. The van der Waals surface area contributed by atoms with Crippen LogP contribution in [0, 0.1) is 0 Å². The Bertz CT molecular complexity index is 465. The van der Waals surface area contributed by atoms with Crippen molar-refractivity contribution in [3.63, 3.8) is 0 Å². The molecule has 3 amide bonds. The lowest BCUT2D eigenvalue weighted by Gasteiger charge is -2.16. The maximum atomic E-state index is 12.1. The van der Waals surface area contributed by atoms with Gasteiger partial charge in [0.1, 0.15) is 0 Å². The number of nitrogens with one attached hydrogen (secondary N) is 2. The molecule has 1 aromatic carbocycles.